The van der Waals surface area contributed by atoms with Crippen molar-refractivity contribution in [3.8, 4) is 0 Å². The molecule has 1 heterocycles. The van der Waals surface area contributed by atoms with Crippen molar-refractivity contribution in [2.24, 2.45) is 5.73 Å². The van der Waals surface area contributed by atoms with Gasteiger partial charge in [-0.2, -0.15) is 0 Å². The third-order valence-corrected chi connectivity index (χ3v) is 3.84. The maximum atomic E-state index is 6.00. The van der Waals surface area contributed by atoms with Gasteiger partial charge in [0.1, 0.15) is 0 Å². The topological polar surface area (TPSA) is 35.2 Å². The van der Waals surface area contributed by atoms with Gasteiger partial charge in [-0.25, -0.2) is 0 Å². The first-order valence-electron chi connectivity index (χ1n) is 4.63. The molecule has 80 valence electrons. The fraction of sp³-hybridized carbons (Fsp3) is 0.600. The van der Waals surface area contributed by atoms with E-state index in [-0.39, 0.29) is 12.1 Å². The monoisotopic (exact) mass is 277 g/mol. The van der Waals surface area contributed by atoms with E-state index in [4.69, 9.17) is 10.5 Å². The molecule has 0 aliphatic rings. The van der Waals surface area contributed by atoms with Crippen LogP contribution in [0, 0.1) is 0 Å². The molecule has 0 spiro atoms. The standard InChI is InChI=1S/C10H16BrNOS/c1-7(13-2)3-9(12)5-10-4-8(11)6-14-10/h4,6-7,9H,3,5,12H2,1-2H3. The smallest absolute Gasteiger partial charge is 0.0558 e. The number of rotatable bonds is 5. The maximum absolute atomic E-state index is 6.00. The van der Waals surface area contributed by atoms with Gasteiger partial charge in [-0.1, -0.05) is 0 Å². The number of hydrogen-bond acceptors (Lipinski definition) is 3. The second-order valence-electron chi connectivity index (χ2n) is 3.48. The highest BCUT2D eigenvalue weighted by molar-refractivity contribution is 9.10. The molecule has 0 saturated carbocycles. The molecule has 0 bridgehead atoms. The first-order valence-corrected chi connectivity index (χ1v) is 6.30. The molecule has 0 aliphatic heterocycles. The van der Waals surface area contributed by atoms with Crippen molar-refractivity contribution in [2.75, 3.05) is 7.11 Å². The summed E-state index contributed by atoms with van der Waals surface area (Å²) >= 11 is 5.18. The molecule has 1 aromatic heterocycles. The molecule has 0 saturated heterocycles. The summed E-state index contributed by atoms with van der Waals surface area (Å²) in [6.45, 7) is 2.05. The number of methoxy groups -OCH3 is 1. The van der Waals surface area contributed by atoms with Gasteiger partial charge in [0, 0.05) is 27.9 Å². The van der Waals surface area contributed by atoms with E-state index < -0.39 is 0 Å². The molecular formula is C10H16BrNOS. The van der Waals surface area contributed by atoms with Gasteiger partial charge < -0.3 is 10.5 Å². The number of nitrogens with two attached hydrogens (primary N) is 1. The molecule has 2 unspecified atom stereocenters. The number of halogens is 1. The molecule has 0 radical (unpaired) electrons. The molecular weight excluding hydrogens is 262 g/mol. The minimum atomic E-state index is 0.190. The van der Waals surface area contributed by atoms with Gasteiger partial charge >= 0.3 is 0 Å². The Kier molecular flexibility index (Phi) is 5.09. The van der Waals surface area contributed by atoms with Crippen LogP contribution in [0.1, 0.15) is 18.2 Å². The summed E-state index contributed by atoms with van der Waals surface area (Å²) in [6.07, 6.45) is 2.09. The van der Waals surface area contributed by atoms with Crippen molar-refractivity contribution in [1.82, 2.24) is 0 Å². The predicted octanol–water partition coefficient (Wildman–Crippen LogP) is 2.81. The Labute approximate surface area is 97.6 Å². The van der Waals surface area contributed by atoms with Gasteiger partial charge in [0.05, 0.1) is 6.10 Å². The van der Waals surface area contributed by atoms with Crippen LogP contribution in [0.2, 0.25) is 0 Å². The Hall–Kier alpha value is 0.1000. The highest BCUT2D eigenvalue weighted by Gasteiger charge is 2.10. The lowest BCUT2D eigenvalue weighted by Crippen LogP contribution is -2.27. The molecule has 0 amide bonds. The molecule has 0 aliphatic carbocycles. The normalized spacial score (nSPS) is 15.4. The lowest BCUT2D eigenvalue weighted by molar-refractivity contribution is 0.105. The van der Waals surface area contributed by atoms with E-state index in [2.05, 4.69) is 27.4 Å². The minimum absolute atomic E-state index is 0.190. The zero-order valence-corrected chi connectivity index (χ0v) is 10.9. The van der Waals surface area contributed by atoms with Crippen molar-refractivity contribution in [3.63, 3.8) is 0 Å². The minimum Gasteiger partial charge on any atom is -0.382 e. The van der Waals surface area contributed by atoms with Gasteiger partial charge in [-0.05, 0) is 41.8 Å². The fourth-order valence-electron chi connectivity index (χ4n) is 1.33. The zero-order chi connectivity index (χ0) is 10.6. The largest absolute Gasteiger partial charge is 0.382 e. The van der Waals surface area contributed by atoms with Crippen LogP contribution in [0.25, 0.3) is 0 Å². The lowest BCUT2D eigenvalue weighted by Gasteiger charge is -2.15. The molecule has 2 atom stereocenters. The Morgan fingerprint density at radius 2 is 2.36 bits per heavy atom. The van der Waals surface area contributed by atoms with Crippen molar-refractivity contribution in [1.29, 1.82) is 0 Å². The van der Waals surface area contributed by atoms with Crippen LogP contribution in [-0.2, 0) is 11.2 Å². The van der Waals surface area contributed by atoms with Crippen molar-refractivity contribution < 1.29 is 4.74 Å². The maximum Gasteiger partial charge on any atom is 0.0558 e. The van der Waals surface area contributed by atoms with E-state index >= 15 is 0 Å². The second kappa shape index (κ2) is 5.85. The van der Waals surface area contributed by atoms with E-state index in [1.54, 1.807) is 18.4 Å². The average molecular weight is 278 g/mol. The Morgan fingerprint density at radius 1 is 1.64 bits per heavy atom. The van der Waals surface area contributed by atoms with Crippen LogP contribution in [0.3, 0.4) is 0 Å². The highest BCUT2D eigenvalue weighted by atomic mass is 79.9. The van der Waals surface area contributed by atoms with Crippen molar-refractivity contribution in [3.05, 3.63) is 20.8 Å². The van der Waals surface area contributed by atoms with E-state index in [1.807, 2.05) is 6.92 Å². The zero-order valence-electron chi connectivity index (χ0n) is 8.50. The van der Waals surface area contributed by atoms with Crippen LogP contribution < -0.4 is 5.73 Å². The van der Waals surface area contributed by atoms with Gasteiger partial charge in [0.2, 0.25) is 0 Å². The molecule has 2 N–H and O–H groups in total. The Bertz CT molecular complexity index is 277. The molecule has 1 aromatic rings. The van der Waals surface area contributed by atoms with E-state index in [0.29, 0.717) is 0 Å². The van der Waals surface area contributed by atoms with E-state index in [9.17, 15) is 0 Å². The first kappa shape index (κ1) is 12.2. The lowest BCUT2D eigenvalue weighted by atomic mass is 10.1. The fourth-order valence-corrected chi connectivity index (χ4v) is 2.87. The molecule has 14 heavy (non-hydrogen) atoms. The third kappa shape index (κ3) is 4.09. The molecule has 0 fully saturated rings. The first-order chi connectivity index (χ1) is 6.61. The van der Waals surface area contributed by atoms with Gasteiger partial charge in [-0.3, -0.25) is 0 Å². The Balaban J connectivity index is 2.37. The molecule has 2 nitrogen and oxygen atoms in total. The van der Waals surface area contributed by atoms with Gasteiger partial charge in [0.15, 0.2) is 0 Å². The third-order valence-electron chi connectivity index (χ3n) is 2.12. The summed E-state index contributed by atoms with van der Waals surface area (Å²) in [5, 5.41) is 2.09. The summed E-state index contributed by atoms with van der Waals surface area (Å²) in [5.74, 6) is 0. The van der Waals surface area contributed by atoms with Crippen LogP contribution in [-0.4, -0.2) is 19.3 Å². The summed E-state index contributed by atoms with van der Waals surface area (Å²) < 4.78 is 6.32. The predicted molar refractivity (Wildman–Crippen MR) is 64.8 cm³/mol. The van der Waals surface area contributed by atoms with Gasteiger partial charge in [-0.15, -0.1) is 11.3 Å². The van der Waals surface area contributed by atoms with Gasteiger partial charge in [0.25, 0.3) is 0 Å². The van der Waals surface area contributed by atoms with Crippen LogP contribution >= 0.6 is 27.3 Å². The summed E-state index contributed by atoms with van der Waals surface area (Å²) in [6, 6.07) is 2.32. The van der Waals surface area contributed by atoms with Crippen LogP contribution in [0.4, 0.5) is 0 Å². The molecule has 4 heteroatoms. The summed E-state index contributed by atoms with van der Waals surface area (Å²) in [4.78, 5) is 1.33. The quantitative estimate of drug-likeness (QED) is 0.899. The number of hydrogen-bond donors (Lipinski definition) is 1. The second-order valence-corrected chi connectivity index (χ2v) is 5.39. The van der Waals surface area contributed by atoms with Crippen LogP contribution in [0.5, 0.6) is 0 Å². The number of thiophene rings is 1. The highest BCUT2D eigenvalue weighted by Crippen LogP contribution is 2.21. The van der Waals surface area contributed by atoms with Crippen LogP contribution in [0.15, 0.2) is 15.9 Å². The SMILES string of the molecule is COC(C)CC(N)Cc1cc(Br)cs1. The van der Waals surface area contributed by atoms with E-state index in [0.717, 1.165) is 17.3 Å². The van der Waals surface area contributed by atoms with Crippen molar-refractivity contribution in [2.45, 2.75) is 31.9 Å². The Morgan fingerprint density at radius 3 is 2.86 bits per heavy atom. The molecule has 0 aromatic carbocycles. The number of ether oxygens (including phenoxy) is 1. The van der Waals surface area contributed by atoms with E-state index in [1.165, 1.54) is 4.88 Å². The summed E-state index contributed by atoms with van der Waals surface area (Å²) in [7, 11) is 1.72. The van der Waals surface area contributed by atoms with Crippen molar-refractivity contribution >= 4 is 27.3 Å². The summed E-state index contributed by atoms with van der Waals surface area (Å²) in [5.41, 5.74) is 6.00. The average Bonchev–Trinajstić information content (AvgIpc) is 2.50. The molecule has 1 rings (SSSR count).